The molecule has 0 radical (unpaired) electrons. The summed E-state index contributed by atoms with van der Waals surface area (Å²) >= 11 is 6.32. The number of halogens is 1. The third-order valence-electron chi connectivity index (χ3n) is 4.09. The Morgan fingerprint density at radius 3 is 2.48 bits per heavy atom. The second-order valence-corrected chi connectivity index (χ2v) is 6.09. The maximum atomic E-state index is 6.32. The summed E-state index contributed by atoms with van der Waals surface area (Å²) in [5.41, 5.74) is 6.36. The molecule has 1 N–H and O–H groups in total. The van der Waals surface area contributed by atoms with Gasteiger partial charge in [-0.25, -0.2) is 0 Å². The Labute approximate surface area is 133 Å². The molecule has 2 heteroatoms. The molecule has 112 valence electrons. The van der Waals surface area contributed by atoms with Gasteiger partial charge in [0.2, 0.25) is 0 Å². The third kappa shape index (κ3) is 3.66. The lowest BCUT2D eigenvalue weighted by atomic mass is 9.92. The molecule has 1 nitrogen and oxygen atoms in total. The predicted molar refractivity (Wildman–Crippen MR) is 92.2 cm³/mol. The van der Waals surface area contributed by atoms with Gasteiger partial charge in [0.05, 0.1) is 6.04 Å². The molecule has 2 rings (SSSR count). The van der Waals surface area contributed by atoms with E-state index in [0.29, 0.717) is 0 Å². The third-order valence-corrected chi connectivity index (χ3v) is 4.49. The minimum absolute atomic E-state index is 0.197. The highest BCUT2D eigenvalue weighted by Crippen LogP contribution is 2.29. The number of nitrogens with one attached hydrogen (secondary N) is 1. The van der Waals surface area contributed by atoms with E-state index in [2.05, 4.69) is 62.5 Å². The fourth-order valence-electron chi connectivity index (χ4n) is 2.57. The zero-order chi connectivity index (χ0) is 15.4. The molecule has 2 aromatic carbocycles. The van der Waals surface area contributed by atoms with Crippen LogP contribution in [0, 0.1) is 20.8 Å². The molecule has 0 saturated heterocycles. The first-order chi connectivity index (χ1) is 10.0. The molecule has 0 spiro atoms. The summed E-state index contributed by atoms with van der Waals surface area (Å²) in [4.78, 5) is 0. The Kier molecular flexibility index (Phi) is 5.44. The van der Waals surface area contributed by atoms with Crippen LogP contribution in [0.1, 0.15) is 47.2 Å². The first kappa shape index (κ1) is 16.1. The zero-order valence-electron chi connectivity index (χ0n) is 13.3. The summed E-state index contributed by atoms with van der Waals surface area (Å²) in [7, 11) is 0. The van der Waals surface area contributed by atoms with E-state index in [9.17, 15) is 0 Å². The molecule has 1 atom stereocenters. The van der Waals surface area contributed by atoms with Crippen LogP contribution in [0.15, 0.2) is 36.4 Å². The van der Waals surface area contributed by atoms with Crippen molar-refractivity contribution in [1.29, 1.82) is 0 Å². The molecule has 1 unspecified atom stereocenters. The van der Waals surface area contributed by atoms with E-state index in [1.165, 1.54) is 22.3 Å². The Hall–Kier alpha value is -1.31. The second kappa shape index (κ2) is 7.11. The fraction of sp³-hybridized carbons (Fsp3) is 0.368. The van der Waals surface area contributed by atoms with E-state index < -0.39 is 0 Å². The largest absolute Gasteiger partial charge is 0.306 e. The van der Waals surface area contributed by atoms with Crippen LogP contribution in [-0.2, 0) is 0 Å². The number of rotatable bonds is 5. The van der Waals surface area contributed by atoms with E-state index in [1.807, 2.05) is 6.92 Å². The highest BCUT2D eigenvalue weighted by Gasteiger charge is 2.16. The van der Waals surface area contributed by atoms with Gasteiger partial charge in [-0.15, -0.1) is 0 Å². The number of aryl methyl sites for hydroxylation is 2. The van der Waals surface area contributed by atoms with Crippen molar-refractivity contribution in [3.63, 3.8) is 0 Å². The average Bonchev–Trinajstić information content (AvgIpc) is 2.47. The Morgan fingerprint density at radius 2 is 1.81 bits per heavy atom. The summed E-state index contributed by atoms with van der Waals surface area (Å²) in [6.45, 7) is 9.58. The SMILES string of the molecule is CCCNC(c1ccc(C)c(Cl)c1)c1cccc(C)c1C. The molecule has 21 heavy (non-hydrogen) atoms. The number of hydrogen-bond donors (Lipinski definition) is 1. The van der Waals surface area contributed by atoms with Gasteiger partial charge in [0.15, 0.2) is 0 Å². The lowest BCUT2D eigenvalue weighted by molar-refractivity contribution is 0.596. The second-order valence-electron chi connectivity index (χ2n) is 5.68. The Balaban J connectivity index is 2.47. The number of benzene rings is 2. The topological polar surface area (TPSA) is 12.0 Å². The molecule has 2 aromatic rings. The average molecular weight is 302 g/mol. The van der Waals surface area contributed by atoms with E-state index in [-0.39, 0.29) is 6.04 Å². The maximum Gasteiger partial charge on any atom is 0.0579 e. The summed E-state index contributed by atoms with van der Waals surface area (Å²) in [5.74, 6) is 0. The van der Waals surface area contributed by atoms with Crippen molar-refractivity contribution in [2.45, 2.75) is 40.2 Å². The van der Waals surface area contributed by atoms with E-state index in [4.69, 9.17) is 11.6 Å². The van der Waals surface area contributed by atoms with Crippen molar-refractivity contribution >= 4 is 11.6 Å². The van der Waals surface area contributed by atoms with E-state index in [1.54, 1.807) is 0 Å². The minimum atomic E-state index is 0.197. The van der Waals surface area contributed by atoms with Gasteiger partial charge in [-0.05, 0) is 67.6 Å². The highest BCUT2D eigenvalue weighted by molar-refractivity contribution is 6.31. The summed E-state index contributed by atoms with van der Waals surface area (Å²) < 4.78 is 0. The lowest BCUT2D eigenvalue weighted by Gasteiger charge is -2.23. The van der Waals surface area contributed by atoms with Gasteiger partial charge >= 0.3 is 0 Å². The van der Waals surface area contributed by atoms with Gasteiger partial charge in [0.25, 0.3) is 0 Å². The summed E-state index contributed by atoms with van der Waals surface area (Å²) in [5, 5.41) is 4.49. The van der Waals surface area contributed by atoms with Gasteiger partial charge in [-0.1, -0.05) is 48.9 Å². The van der Waals surface area contributed by atoms with Crippen LogP contribution in [-0.4, -0.2) is 6.54 Å². The molecule has 0 aliphatic heterocycles. The lowest BCUT2D eigenvalue weighted by Crippen LogP contribution is -2.24. The predicted octanol–water partition coefficient (Wildman–Crippen LogP) is 5.35. The van der Waals surface area contributed by atoms with E-state index >= 15 is 0 Å². The zero-order valence-corrected chi connectivity index (χ0v) is 14.1. The van der Waals surface area contributed by atoms with Gasteiger partial charge in [0, 0.05) is 5.02 Å². The van der Waals surface area contributed by atoms with Gasteiger partial charge in [-0.3, -0.25) is 0 Å². The summed E-state index contributed by atoms with van der Waals surface area (Å²) in [6.07, 6.45) is 1.11. The molecule has 0 aliphatic carbocycles. The minimum Gasteiger partial charge on any atom is -0.306 e. The van der Waals surface area contributed by atoms with Gasteiger partial charge in [-0.2, -0.15) is 0 Å². The molecular formula is C19H24ClN. The fourth-order valence-corrected chi connectivity index (χ4v) is 2.76. The molecule has 0 fully saturated rings. The molecule has 0 heterocycles. The van der Waals surface area contributed by atoms with E-state index in [0.717, 1.165) is 23.6 Å². The Bertz CT molecular complexity index is 619. The van der Waals surface area contributed by atoms with Crippen LogP contribution in [0.5, 0.6) is 0 Å². The van der Waals surface area contributed by atoms with Crippen LogP contribution < -0.4 is 5.32 Å². The molecule has 0 aliphatic rings. The molecule has 0 saturated carbocycles. The van der Waals surface area contributed by atoms with Crippen LogP contribution in [0.25, 0.3) is 0 Å². The summed E-state index contributed by atoms with van der Waals surface area (Å²) in [6, 6.07) is 13.1. The van der Waals surface area contributed by atoms with Crippen LogP contribution in [0.4, 0.5) is 0 Å². The molecular weight excluding hydrogens is 278 g/mol. The maximum absolute atomic E-state index is 6.32. The van der Waals surface area contributed by atoms with Crippen molar-refractivity contribution in [1.82, 2.24) is 5.32 Å². The standard InChI is InChI=1S/C19H24ClN/c1-5-11-21-19(16-10-9-14(3)18(20)12-16)17-8-6-7-13(2)15(17)4/h6-10,12,19,21H,5,11H2,1-4H3. The monoisotopic (exact) mass is 301 g/mol. The van der Waals surface area contributed by atoms with Gasteiger partial charge < -0.3 is 5.32 Å². The van der Waals surface area contributed by atoms with Crippen LogP contribution in [0.3, 0.4) is 0 Å². The number of hydrogen-bond acceptors (Lipinski definition) is 1. The van der Waals surface area contributed by atoms with Crippen molar-refractivity contribution in [3.8, 4) is 0 Å². The quantitative estimate of drug-likeness (QED) is 0.784. The molecule has 0 aromatic heterocycles. The van der Waals surface area contributed by atoms with Crippen molar-refractivity contribution < 1.29 is 0 Å². The molecule has 0 amide bonds. The molecule has 0 bridgehead atoms. The van der Waals surface area contributed by atoms with Crippen molar-refractivity contribution in [2.75, 3.05) is 6.54 Å². The first-order valence-electron chi connectivity index (χ1n) is 7.60. The highest BCUT2D eigenvalue weighted by atomic mass is 35.5. The normalized spacial score (nSPS) is 12.4. The van der Waals surface area contributed by atoms with Crippen LogP contribution in [0.2, 0.25) is 5.02 Å². The first-order valence-corrected chi connectivity index (χ1v) is 7.98. The smallest absolute Gasteiger partial charge is 0.0579 e. The van der Waals surface area contributed by atoms with Crippen LogP contribution >= 0.6 is 11.6 Å². The Morgan fingerprint density at radius 1 is 1.05 bits per heavy atom. The van der Waals surface area contributed by atoms with Crippen molar-refractivity contribution in [3.05, 3.63) is 69.2 Å². The van der Waals surface area contributed by atoms with Gasteiger partial charge in [0.1, 0.15) is 0 Å². The van der Waals surface area contributed by atoms with Crippen molar-refractivity contribution in [2.24, 2.45) is 0 Å².